The maximum atomic E-state index is 12.1. The van der Waals surface area contributed by atoms with E-state index in [0.717, 1.165) is 29.7 Å². The second-order valence-corrected chi connectivity index (χ2v) is 5.45. The van der Waals surface area contributed by atoms with Crippen LogP contribution in [0, 0.1) is 0 Å². The maximum Gasteiger partial charge on any atom is 0.229 e. The van der Waals surface area contributed by atoms with Crippen molar-refractivity contribution in [1.29, 1.82) is 0 Å². The minimum absolute atomic E-state index is 0.0515. The zero-order valence-electron chi connectivity index (χ0n) is 11.9. The first-order chi connectivity index (χ1) is 10.3. The minimum atomic E-state index is 0.0515. The molecule has 2 aromatic carbocycles. The van der Waals surface area contributed by atoms with Gasteiger partial charge in [-0.05, 0) is 30.2 Å². The van der Waals surface area contributed by atoms with Crippen LogP contribution < -0.4 is 4.90 Å². The van der Waals surface area contributed by atoms with Crippen molar-refractivity contribution in [2.45, 2.75) is 13.3 Å². The zero-order valence-corrected chi connectivity index (χ0v) is 11.9. The summed E-state index contributed by atoms with van der Waals surface area (Å²) in [5, 5.41) is 1.10. The van der Waals surface area contributed by atoms with Gasteiger partial charge in [0.05, 0.1) is 5.52 Å². The Kier molecular flexibility index (Phi) is 2.61. The molecule has 3 heteroatoms. The first kappa shape index (κ1) is 12.2. The highest BCUT2D eigenvalue weighted by atomic mass is 16.1. The van der Waals surface area contributed by atoms with E-state index in [1.165, 1.54) is 11.3 Å². The topological polar surface area (TPSA) is 25.2 Å². The van der Waals surface area contributed by atoms with Crippen LogP contribution in [0.2, 0.25) is 0 Å². The van der Waals surface area contributed by atoms with E-state index in [9.17, 15) is 4.79 Å². The third-order valence-corrected chi connectivity index (χ3v) is 4.17. The first-order valence-corrected chi connectivity index (χ1v) is 7.22. The Labute approximate surface area is 123 Å². The molecule has 1 aliphatic rings. The summed E-state index contributed by atoms with van der Waals surface area (Å²) in [5.74, 6) is 1.02. The molecule has 1 aliphatic heterocycles. The smallest absolute Gasteiger partial charge is 0.229 e. The Morgan fingerprint density at radius 2 is 1.81 bits per heavy atom. The van der Waals surface area contributed by atoms with Crippen LogP contribution in [0.5, 0.6) is 0 Å². The number of carbonyl (C=O) groups is 1. The summed E-state index contributed by atoms with van der Waals surface area (Å²) in [6.45, 7) is 2.54. The molecule has 0 saturated carbocycles. The second kappa shape index (κ2) is 4.48. The van der Waals surface area contributed by atoms with E-state index < -0.39 is 0 Å². The van der Waals surface area contributed by atoms with Crippen molar-refractivity contribution >= 4 is 28.3 Å². The van der Waals surface area contributed by atoms with Crippen LogP contribution >= 0.6 is 0 Å². The fourth-order valence-electron chi connectivity index (χ4n) is 3.25. The molecule has 4 rings (SSSR count). The van der Waals surface area contributed by atoms with Gasteiger partial charge in [0, 0.05) is 24.5 Å². The lowest BCUT2D eigenvalue weighted by atomic mass is 10.2. The van der Waals surface area contributed by atoms with Crippen molar-refractivity contribution in [3.8, 4) is 0 Å². The van der Waals surface area contributed by atoms with Gasteiger partial charge in [-0.15, -0.1) is 0 Å². The van der Waals surface area contributed by atoms with Crippen molar-refractivity contribution in [2.24, 2.45) is 0 Å². The molecule has 0 atom stereocenters. The van der Waals surface area contributed by atoms with Gasteiger partial charge in [0.1, 0.15) is 5.82 Å². The fraction of sp³-hybridized carbons (Fsp3) is 0.167. The van der Waals surface area contributed by atoms with Crippen LogP contribution in [-0.2, 0) is 6.42 Å². The third-order valence-electron chi connectivity index (χ3n) is 4.17. The summed E-state index contributed by atoms with van der Waals surface area (Å²) < 4.78 is 1.82. The lowest BCUT2D eigenvalue weighted by molar-refractivity contribution is 0.0943. The Balaban J connectivity index is 1.96. The number of carbonyl (C=O) groups excluding carboxylic acids is 1. The number of benzene rings is 2. The van der Waals surface area contributed by atoms with Gasteiger partial charge in [-0.25, -0.2) is 0 Å². The van der Waals surface area contributed by atoms with Gasteiger partial charge in [0.25, 0.3) is 0 Å². The number of hydrogen-bond acceptors (Lipinski definition) is 2. The first-order valence-electron chi connectivity index (χ1n) is 7.22. The predicted octanol–water partition coefficient (Wildman–Crippen LogP) is 4.00. The van der Waals surface area contributed by atoms with Crippen molar-refractivity contribution < 1.29 is 4.79 Å². The average Bonchev–Trinajstić information content (AvgIpc) is 3.08. The Morgan fingerprint density at radius 1 is 1.05 bits per heavy atom. The molecule has 21 heavy (non-hydrogen) atoms. The van der Waals surface area contributed by atoms with Gasteiger partial charge >= 0.3 is 0 Å². The molecule has 0 saturated heterocycles. The maximum absolute atomic E-state index is 12.1. The van der Waals surface area contributed by atoms with Gasteiger partial charge in [-0.1, -0.05) is 36.4 Å². The molecular formula is C18H16N2O. The SMILES string of the molecule is CC(=O)n1c(N2CCc3ccccc32)cc2ccccc21. The van der Waals surface area contributed by atoms with Crippen molar-refractivity contribution in [3.05, 3.63) is 60.2 Å². The van der Waals surface area contributed by atoms with Crippen LogP contribution in [0.3, 0.4) is 0 Å². The molecule has 2 heterocycles. The molecule has 0 N–H and O–H groups in total. The average molecular weight is 276 g/mol. The normalized spacial score (nSPS) is 13.7. The van der Waals surface area contributed by atoms with E-state index in [-0.39, 0.29) is 5.91 Å². The highest BCUT2D eigenvalue weighted by Gasteiger charge is 2.24. The molecule has 0 bridgehead atoms. The predicted molar refractivity (Wildman–Crippen MR) is 85.4 cm³/mol. The van der Waals surface area contributed by atoms with E-state index in [1.54, 1.807) is 6.92 Å². The van der Waals surface area contributed by atoms with E-state index in [4.69, 9.17) is 0 Å². The van der Waals surface area contributed by atoms with E-state index in [1.807, 2.05) is 22.8 Å². The molecule has 3 aromatic rings. The quantitative estimate of drug-likeness (QED) is 0.671. The van der Waals surface area contributed by atoms with Crippen molar-refractivity contribution in [1.82, 2.24) is 4.57 Å². The second-order valence-electron chi connectivity index (χ2n) is 5.45. The monoisotopic (exact) mass is 276 g/mol. The minimum Gasteiger partial charge on any atom is -0.327 e. The number of rotatable bonds is 1. The van der Waals surface area contributed by atoms with Crippen molar-refractivity contribution in [3.63, 3.8) is 0 Å². The molecule has 3 nitrogen and oxygen atoms in total. The lowest BCUT2D eigenvalue weighted by Crippen LogP contribution is -2.19. The highest BCUT2D eigenvalue weighted by molar-refractivity contribution is 5.97. The molecule has 0 aliphatic carbocycles. The number of anilines is 2. The highest BCUT2D eigenvalue weighted by Crippen LogP contribution is 2.37. The van der Waals surface area contributed by atoms with Gasteiger partial charge in [0.15, 0.2) is 0 Å². The Hall–Kier alpha value is -2.55. The summed E-state index contributed by atoms with van der Waals surface area (Å²) in [7, 11) is 0. The fourth-order valence-corrected chi connectivity index (χ4v) is 3.25. The van der Waals surface area contributed by atoms with E-state index >= 15 is 0 Å². The molecule has 0 spiro atoms. The summed E-state index contributed by atoms with van der Waals surface area (Å²) in [5.41, 5.74) is 3.53. The molecule has 104 valence electrons. The Morgan fingerprint density at radius 3 is 2.67 bits per heavy atom. The standard InChI is InChI=1S/C18H16N2O/c1-13(21)20-17-9-5-3-7-15(17)12-18(20)19-11-10-14-6-2-4-8-16(14)19/h2-9,12H,10-11H2,1H3. The third kappa shape index (κ3) is 1.77. The number of hydrogen-bond donors (Lipinski definition) is 0. The van der Waals surface area contributed by atoms with Gasteiger partial charge in [-0.3, -0.25) is 9.36 Å². The van der Waals surface area contributed by atoms with Gasteiger partial charge < -0.3 is 4.90 Å². The number of nitrogens with zero attached hydrogens (tertiary/aromatic N) is 2. The summed E-state index contributed by atoms with van der Waals surface area (Å²) in [6, 6.07) is 18.6. The van der Waals surface area contributed by atoms with Gasteiger partial charge in [0.2, 0.25) is 5.91 Å². The van der Waals surface area contributed by atoms with E-state index in [0.29, 0.717) is 0 Å². The molecule has 1 aromatic heterocycles. The number of para-hydroxylation sites is 2. The number of aromatic nitrogens is 1. The molecule has 0 radical (unpaired) electrons. The zero-order chi connectivity index (χ0) is 14.4. The van der Waals surface area contributed by atoms with Crippen LogP contribution in [-0.4, -0.2) is 17.0 Å². The molecule has 0 amide bonds. The largest absolute Gasteiger partial charge is 0.327 e. The van der Waals surface area contributed by atoms with Crippen molar-refractivity contribution in [2.75, 3.05) is 11.4 Å². The van der Waals surface area contributed by atoms with Crippen LogP contribution in [0.4, 0.5) is 11.5 Å². The molecule has 0 fully saturated rings. The van der Waals surface area contributed by atoms with Crippen LogP contribution in [0.1, 0.15) is 17.3 Å². The van der Waals surface area contributed by atoms with Crippen LogP contribution in [0.25, 0.3) is 10.9 Å². The molecule has 0 unspecified atom stereocenters. The van der Waals surface area contributed by atoms with Gasteiger partial charge in [-0.2, -0.15) is 0 Å². The number of fused-ring (bicyclic) bond motifs is 2. The summed E-state index contributed by atoms with van der Waals surface area (Å²) in [4.78, 5) is 14.4. The Bertz CT molecular complexity index is 847. The van der Waals surface area contributed by atoms with E-state index in [2.05, 4.69) is 41.3 Å². The molecular weight excluding hydrogens is 260 g/mol. The summed E-state index contributed by atoms with van der Waals surface area (Å²) >= 11 is 0. The lowest BCUT2D eigenvalue weighted by Gasteiger charge is -2.20. The van der Waals surface area contributed by atoms with Crippen LogP contribution in [0.15, 0.2) is 54.6 Å². The summed E-state index contributed by atoms with van der Waals surface area (Å²) in [6.07, 6.45) is 1.02.